The number of rotatable bonds is 2. The highest BCUT2D eigenvalue weighted by molar-refractivity contribution is 5.80. The van der Waals surface area contributed by atoms with Gasteiger partial charge in [-0.1, -0.05) is 0 Å². The molecule has 0 fully saturated rings. The van der Waals surface area contributed by atoms with E-state index < -0.39 is 0 Å². The Balaban J connectivity index is 2.17. The first-order valence-electron chi connectivity index (χ1n) is 6.16. The molecule has 0 aliphatic carbocycles. The van der Waals surface area contributed by atoms with Crippen molar-refractivity contribution in [3.63, 3.8) is 0 Å². The van der Waals surface area contributed by atoms with Crippen LogP contribution in [0.4, 0.5) is 0 Å². The molecule has 2 aromatic heterocycles. The largest absolute Gasteiger partial charge is 0.337 e. The number of nitrogens with one attached hydrogen (secondary N) is 1. The van der Waals surface area contributed by atoms with Gasteiger partial charge in [-0.2, -0.15) is 10.4 Å². The van der Waals surface area contributed by atoms with Crippen molar-refractivity contribution in [2.24, 2.45) is 0 Å². The lowest BCUT2D eigenvalue weighted by molar-refractivity contribution is 0.658. The van der Waals surface area contributed by atoms with Gasteiger partial charge in [0.1, 0.15) is 5.69 Å². The first kappa shape index (κ1) is 11.5. The number of nitrogens with zero attached hydrogens (tertiary/aromatic N) is 4. The van der Waals surface area contributed by atoms with E-state index in [1.54, 1.807) is 6.07 Å². The Hall–Kier alpha value is -2.61. The average Bonchev–Trinajstić information content (AvgIpc) is 3.00. The smallest absolute Gasteiger partial charge is 0.156 e. The highest BCUT2D eigenvalue weighted by atomic mass is 15.3. The Labute approximate surface area is 110 Å². The van der Waals surface area contributed by atoms with Crippen molar-refractivity contribution in [3.8, 4) is 17.6 Å². The maximum Gasteiger partial charge on any atom is 0.156 e. The standard InChI is InChI=1S/C14H13N5/c1-3-19-13(6-9(2)18-19)14-16-11-5-4-10(8-15)7-12(11)17-14/h4-7H,3H2,1-2H3,(H,16,17). The molecule has 2 heterocycles. The van der Waals surface area contributed by atoms with Gasteiger partial charge < -0.3 is 4.98 Å². The monoisotopic (exact) mass is 251 g/mol. The van der Waals surface area contributed by atoms with Gasteiger partial charge in [-0.15, -0.1) is 0 Å². The van der Waals surface area contributed by atoms with E-state index in [1.807, 2.05) is 36.7 Å². The molecule has 94 valence electrons. The minimum Gasteiger partial charge on any atom is -0.337 e. The zero-order valence-corrected chi connectivity index (χ0v) is 10.8. The van der Waals surface area contributed by atoms with Crippen LogP contribution in [-0.2, 0) is 6.54 Å². The summed E-state index contributed by atoms with van der Waals surface area (Å²) in [6.45, 7) is 4.81. The van der Waals surface area contributed by atoms with Crippen molar-refractivity contribution >= 4 is 11.0 Å². The Kier molecular flexibility index (Phi) is 2.57. The lowest BCUT2D eigenvalue weighted by atomic mass is 10.2. The van der Waals surface area contributed by atoms with Crippen LogP contribution in [0.1, 0.15) is 18.2 Å². The van der Waals surface area contributed by atoms with Gasteiger partial charge in [0.05, 0.1) is 28.4 Å². The summed E-state index contributed by atoms with van der Waals surface area (Å²) in [7, 11) is 0. The van der Waals surface area contributed by atoms with Crippen molar-refractivity contribution in [2.45, 2.75) is 20.4 Å². The van der Waals surface area contributed by atoms with Crippen LogP contribution in [0.3, 0.4) is 0 Å². The summed E-state index contributed by atoms with van der Waals surface area (Å²) in [5, 5.41) is 13.3. The van der Waals surface area contributed by atoms with E-state index in [4.69, 9.17) is 5.26 Å². The van der Waals surface area contributed by atoms with Gasteiger partial charge in [-0.25, -0.2) is 4.98 Å². The lowest BCUT2D eigenvalue weighted by Crippen LogP contribution is -1.99. The fourth-order valence-corrected chi connectivity index (χ4v) is 2.18. The summed E-state index contributed by atoms with van der Waals surface area (Å²) in [5.74, 6) is 0.785. The number of hydrogen-bond donors (Lipinski definition) is 1. The highest BCUT2D eigenvalue weighted by Gasteiger charge is 2.11. The second-order valence-electron chi connectivity index (χ2n) is 4.42. The summed E-state index contributed by atoms with van der Waals surface area (Å²) >= 11 is 0. The first-order chi connectivity index (χ1) is 9.21. The normalized spacial score (nSPS) is 10.8. The SMILES string of the molecule is CCn1nc(C)cc1-c1nc2ccc(C#N)cc2[nH]1. The minimum atomic E-state index is 0.628. The molecular formula is C14H13N5. The predicted molar refractivity (Wildman–Crippen MR) is 72.4 cm³/mol. The molecule has 0 atom stereocenters. The highest BCUT2D eigenvalue weighted by Crippen LogP contribution is 2.22. The number of fused-ring (bicyclic) bond motifs is 1. The number of benzene rings is 1. The van der Waals surface area contributed by atoms with E-state index in [9.17, 15) is 0 Å². The maximum absolute atomic E-state index is 8.91. The minimum absolute atomic E-state index is 0.628. The fraction of sp³-hybridized carbons (Fsp3) is 0.214. The third-order valence-electron chi connectivity index (χ3n) is 3.06. The van der Waals surface area contributed by atoms with E-state index in [1.165, 1.54) is 0 Å². The van der Waals surface area contributed by atoms with Crippen molar-refractivity contribution in [3.05, 3.63) is 35.5 Å². The molecule has 1 N–H and O–H groups in total. The summed E-state index contributed by atoms with van der Waals surface area (Å²) in [6, 6.07) is 9.57. The van der Waals surface area contributed by atoms with E-state index >= 15 is 0 Å². The molecule has 1 aromatic carbocycles. The molecule has 0 bridgehead atoms. The molecule has 3 aromatic rings. The average molecular weight is 251 g/mol. The Morgan fingerprint density at radius 1 is 1.37 bits per heavy atom. The van der Waals surface area contributed by atoms with Gasteiger partial charge in [0.25, 0.3) is 0 Å². The predicted octanol–water partition coefficient (Wildman–Crippen LogP) is 2.63. The summed E-state index contributed by atoms with van der Waals surface area (Å²) in [6.07, 6.45) is 0. The van der Waals surface area contributed by atoms with E-state index in [2.05, 4.69) is 21.1 Å². The first-order valence-corrected chi connectivity index (χ1v) is 6.16. The van der Waals surface area contributed by atoms with Crippen LogP contribution in [0, 0.1) is 18.3 Å². The molecule has 0 aliphatic rings. The molecule has 0 radical (unpaired) electrons. The Morgan fingerprint density at radius 2 is 2.21 bits per heavy atom. The van der Waals surface area contributed by atoms with Crippen LogP contribution in [0.5, 0.6) is 0 Å². The summed E-state index contributed by atoms with van der Waals surface area (Å²) in [5.41, 5.74) is 4.29. The number of hydrogen-bond acceptors (Lipinski definition) is 3. The van der Waals surface area contributed by atoms with Gasteiger partial charge in [0.2, 0.25) is 0 Å². The molecule has 19 heavy (non-hydrogen) atoms. The van der Waals surface area contributed by atoms with Crippen molar-refractivity contribution < 1.29 is 0 Å². The van der Waals surface area contributed by atoms with E-state index in [0.29, 0.717) is 5.56 Å². The Bertz CT molecular complexity index is 788. The van der Waals surface area contributed by atoms with Crippen LogP contribution in [0.25, 0.3) is 22.6 Å². The van der Waals surface area contributed by atoms with Crippen molar-refractivity contribution in [2.75, 3.05) is 0 Å². The van der Waals surface area contributed by atoms with Crippen molar-refractivity contribution in [1.29, 1.82) is 5.26 Å². The number of imidazole rings is 1. The molecule has 3 rings (SSSR count). The number of aromatic nitrogens is 4. The van der Waals surface area contributed by atoms with E-state index in [-0.39, 0.29) is 0 Å². The van der Waals surface area contributed by atoms with Gasteiger partial charge in [-0.3, -0.25) is 4.68 Å². The van der Waals surface area contributed by atoms with Gasteiger partial charge in [0.15, 0.2) is 5.82 Å². The maximum atomic E-state index is 8.91. The topological polar surface area (TPSA) is 70.3 Å². The number of aromatic amines is 1. The quantitative estimate of drug-likeness (QED) is 0.761. The molecule has 0 unspecified atom stereocenters. The third-order valence-corrected chi connectivity index (χ3v) is 3.06. The molecule has 0 saturated carbocycles. The summed E-state index contributed by atoms with van der Waals surface area (Å²) < 4.78 is 1.91. The van der Waals surface area contributed by atoms with E-state index in [0.717, 1.165) is 34.8 Å². The molecule has 0 saturated heterocycles. The second kappa shape index (κ2) is 4.25. The van der Waals surface area contributed by atoms with Gasteiger partial charge in [0, 0.05) is 6.54 Å². The van der Waals surface area contributed by atoms with Crippen LogP contribution >= 0.6 is 0 Å². The second-order valence-corrected chi connectivity index (χ2v) is 4.42. The molecule has 5 nitrogen and oxygen atoms in total. The number of H-pyrrole nitrogens is 1. The van der Waals surface area contributed by atoms with Gasteiger partial charge in [-0.05, 0) is 38.1 Å². The lowest BCUT2D eigenvalue weighted by Gasteiger charge is -1.99. The number of aryl methyl sites for hydroxylation is 2. The third kappa shape index (κ3) is 1.87. The molecule has 0 aliphatic heterocycles. The van der Waals surface area contributed by atoms with Crippen LogP contribution in [-0.4, -0.2) is 19.7 Å². The van der Waals surface area contributed by atoms with Crippen LogP contribution in [0.15, 0.2) is 24.3 Å². The summed E-state index contributed by atoms with van der Waals surface area (Å²) in [4.78, 5) is 7.81. The zero-order valence-electron chi connectivity index (χ0n) is 10.8. The van der Waals surface area contributed by atoms with Gasteiger partial charge >= 0.3 is 0 Å². The number of nitriles is 1. The Morgan fingerprint density at radius 3 is 2.95 bits per heavy atom. The molecule has 0 amide bonds. The van der Waals surface area contributed by atoms with Crippen LogP contribution in [0.2, 0.25) is 0 Å². The molecular weight excluding hydrogens is 238 g/mol. The fourth-order valence-electron chi connectivity index (χ4n) is 2.18. The molecule has 0 spiro atoms. The van der Waals surface area contributed by atoms with Crippen molar-refractivity contribution in [1.82, 2.24) is 19.7 Å². The zero-order chi connectivity index (χ0) is 13.4. The van der Waals surface area contributed by atoms with Crippen LogP contribution < -0.4 is 0 Å². The molecule has 5 heteroatoms.